The number of fused-ring (bicyclic) bond motifs is 1. The van der Waals surface area contributed by atoms with Crippen molar-refractivity contribution in [1.29, 1.82) is 10.7 Å². The average Bonchev–Trinajstić information content (AvgIpc) is 3.21. The van der Waals surface area contributed by atoms with E-state index in [1.165, 1.54) is 11.0 Å². The van der Waals surface area contributed by atoms with Crippen LogP contribution in [0.15, 0.2) is 18.2 Å². The van der Waals surface area contributed by atoms with Crippen molar-refractivity contribution in [2.24, 2.45) is 0 Å². The van der Waals surface area contributed by atoms with Gasteiger partial charge in [0.05, 0.1) is 38.0 Å². The molecule has 0 spiro atoms. The number of nitrogens with one attached hydrogen (secondary N) is 1. The molecule has 2 aromatic carbocycles. The van der Waals surface area contributed by atoms with E-state index in [1.54, 1.807) is 26.0 Å². The van der Waals surface area contributed by atoms with Crippen LogP contribution in [0.4, 0.5) is 4.39 Å². The molecule has 0 fully saturated rings. The Hall–Kier alpha value is -4.33. The fraction of sp³-hybridized carbons (Fsp3) is 0.467. The van der Waals surface area contributed by atoms with E-state index < -0.39 is 23.8 Å². The molecule has 0 aromatic heterocycles. The number of carboxylic acids is 1. The number of nitrogens with zero attached hydrogens (tertiary/aromatic N) is 2. The average molecular weight is 570 g/mol. The lowest BCUT2D eigenvalue weighted by molar-refractivity contribution is -0.139. The zero-order valence-electron chi connectivity index (χ0n) is 24.1. The quantitative estimate of drug-likeness (QED) is 0.235. The molecule has 0 atom stereocenters. The highest BCUT2D eigenvalue weighted by molar-refractivity contribution is 6.06. The fourth-order valence-electron chi connectivity index (χ4n) is 4.47. The van der Waals surface area contributed by atoms with Crippen LogP contribution in [-0.2, 0) is 16.8 Å². The van der Waals surface area contributed by atoms with Gasteiger partial charge in [-0.2, -0.15) is 5.26 Å². The van der Waals surface area contributed by atoms with Gasteiger partial charge in [-0.15, -0.1) is 0 Å². The number of carbonyl (C=O) groups excluding carboxylic acids is 1. The number of hydrogen-bond acceptors (Lipinski definition) is 8. The van der Waals surface area contributed by atoms with Crippen LogP contribution in [0.1, 0.15) is 74.5 Å². The molecule has 41 heavy (non-hydrogen) atoms. The van der Waals surface area contributed by atoms with E-state index in [1.807, 2.05) is 26.8 Å². The number of amidine groups is 1. The van der Waals surface area contributed by atoms with Crippen molar-refractivity contribution in [2.45, 2.75) is 59.4 Å². The molecule has 2 N–H and O–H groups in total. The molecule has 0 unspecified atom stereocenters. The minimum Gasteiger partial charge on any atom is -0.490 e. The van der Waals surface area contributed by atoms with Crippen molar-refractivity contribution < 1.29 is 38.0 Å². The first kappa shape index (κ1) is 31.2. The number of carbonyl (C=O) groups is 2. The van der Waals surface area contributed by atoms with Gasteiger partial charge in [0.25, 0.3) is 0 Å². The van der Waals surface area contributed by atoms with Crippen molar-refractivity contribution in [3.8, 4) is 29.1 Å². The van der Waals surface area contributed by atoms with Crippen molar-refractivity contribution in [1.82, 2.24) is 4.90 Å². The van der Waals surface area contributed by atoms with Gasteiger partial charge in [-0.05, 0) is 49.4 Å². The third kappa shape index (κ3) is 7.25. The molecule has 10 nitrogen and oxygen atoms in total. The van der Waals surface area contributed by atoms with Gasteiger partial charge in [0.2, 0.25) is 0 Å². The second kappa shape index (κ2) is 13.4. The first-order valence-corrected chi connectivity index (χ1v) is 13.4. The Morgan fingerprint density at radius 3 is 2.37 bits per heavy atom. The lowest BCUT2D eigenvalue weighted by Gasteiger charge is -2.26. The van der Waals surface area contributed by atoms with Crippen molar-refractivity contribution in [3.05, 3.63) is 46.3 Å². The largest absolute Gasteiger partial charge is 0.490 e. The Balaban J connectivity index is 1.96. The van der Waals surface area contributed by atoms with Crippen molar-refractivity contribution in [2.75, 3.05) is 33.0 Å². The summed E-state index contributed by atoms with van der Waals surface area (Å²) in [5.74, 6) is -1.77. The number of benzene rings is 2. The van der Waals surface area contributed by atoms with Gasteiger partial charge in [0, 0.05) is 24.1 Å². The van der Waals surface area contributed by atoms with E-state index >= 15 is 4.39 Å². The minimum absolute atomic E-state index is 0.0593. The number of unbranched alkanes of at least 4 members (excludes halogenated alkanes) is 1. The number of ether oxygens (including phenoxy) is 4. The lowest BCUT2D eigenvalue weighted by atomic mass is 9.84. The highest BCUT2D eigenvalue weighted by Crippen LogP contribution is 2.41. The number of halogens is 1. The summed E-state index contributed by atoms with van der Waals surface area (Å²) in [5.41, 5.74) is 0.857. The van der Waals surface area contributed by atoms with Gasteiger partial charge in [-0.3, -0.25) is 10.2 Å². The molecule has 0 saturated carbocycles. The Labute approximate surface area is 239 Å². The number of ketones is 1. The van der Waals surface area contributed by atoms with Crippen LogP contribution in [0.25, 0.3) is 0 Å². The molecule has 0 aliphatic carbocycles. The first-order chi connectivity index (χ1) is 19.4. The van der Waals surface area contributed by atoms with Gasteiger partial charge < -0.3 is 29.0 Å². The highest BCUT2D eigenvalue weighted by Gasteiger charge is 2.34. The smallest absolute Gasteiger partial charge is 0.341 e. The third-order valence-corrected chi connectivity index (χ3v) is 6.32. The third-order valence-electron chi connectivity index (χ3n) is 6.32. The maximum atomic E-state index is 15.5. The Kier molecular flexibility index (Phi) is 10.2. The number of nitriles is 1. The fourth-order valence-corrected chi connectivity index (χ4v) is 4.47. The summed E-state index contributed by atoms with van der Waals surface area (Å²) in [6, 6.07) is 6.80. The maximum Gasteiger partial charge on any atom is 0.341 e. The molecule has 0 bridgehead atoms. The molecule has 11 heteroatoms. The molecule has 0 radical (unpaired) electrons. The van der Waals surface area contributed by atoms with Gasteiger partial charge in [-0.25, -0.2) is 9.18 Å². The van der Waals surface area contributed by atoms with Gasteiger partial charge >= 0.3 is 5.97 Å². The van der Waals surface area contributed by atoms with Crippen LogP contribution in [0.3, 0.4) is 0 Å². The molecule has 1 aliphatic heterocycles. The summed E-state index contributed by atoms with van der Waals surface area (Å²) >= 11 is 0. The van der Waals surface area contributed by atoms with E-state index in [-0.39, 0.29) is 78.5 Å². The SMILES string of the molecule is CCOc1cc2c(c(F)c1OCC)C(=N)N(CC(=O)c1cc(OCCCC#N)c(OCC(=O)O)c(C(C)(C)C)c1)C2. The predicted octanol–water partition coefficient (Wildman–Crippen LogP) is 5.09. The minimum atomic E-state index is -1.17. The summed E-state index contributed by atoms with van der Waals surface area (Å²) in [7, 11) is 0. The molecular weight excluding hydrogens is 533 g/mol. The summed E-state index contributed by atoms with van der Waals surface area (Å²) in [6.07, 6.45) is 0.695. The summed E-state index contributed by atoms with van der Waals surface area (Å²) in [6.45, 7) is 9.18. The molecule has 1 heterocycles. The normalized spacial score (nSPS) is 12.5. The van der Waals surface area contributed by atoms with Crippen LogP contribution in [-0.4, -0.2) is 60.6 Å². The lowest BCUT2D eigenvalue weighted by Crippen LogP contribution is -2.31. The van der Waals surface area contributed by atoms with E-state index in [2.05, 4.69) is 0 Å². The van der Waals surface area contributed by atoms with Crippen LogP contribution < -0.4 is 18.9 Å². The molecule has 0 amide bonds. The second-order valence-electron chi connectivity index (χ2n) is 10.4. The number of Topliss-reactive ketones (excluding diaryl/α,β-unsaturated/α-hetero) is 1. The first-order valence-electron chi connectivity index (χ1n) is 13.4. The Morgan fingerprint density at radius 2 is 1.76 bits per heavy atom. The summed E-state index contributed by atoms with van der Waals surface area (Å²) in [4.78, 5) is 26.3. The van der Waals surface area contributed by atoms with Crippen LogP contribution in [0, 0.1) is 22.6 Å². The number of hydrogen-bond donors (Lipinski definition) is 2. The second-order valence-corrected chi connectivity index (χ2v) is 10.4. The zero-order chi connectivity index (χ0) is 30.3. The molecule has 1 aliphatic rings. The predicted molar refractivity (Wildman–Crippen MR) is 149 cm³/mol. The maximum absolute atomic E-state index is 15.5. The van der Waals surface area contributed by atoms with Gasteiger partial charge in [-0.1, -0.05) is 20.8 Å². The molecule has 3 rings (SSSR count). The van der Waals surface area contributed by atoms with Crippen molar-refractivity contribution in [3.63, 3.8) is 0 Å². The Morgan fingerprint density at radius 1 is 1.07 bits per heavy atom. The summed E-state index contributed by atoms with van der Waals surface area (Å²) in [5, 5.41) is 26.7. The van der Waals surface area contributed by atoms with E-state index in [0.29, 0.717) is 24.2 Å². The highest BCUT2D eigenvalue weighted by atomic mass is 19.1. The zero-order valence-corrected chi connectivity index (χ0v) is 24.1. The van der Waals surface area contributed by atoms with Crippen molar-refractivity contribution >= 4 is 17.6 Å². The van der Waals surface area contributed by atoms with Crippen LogP contribution >= 0.6 is 0 Å². The van der Waals surface area contributed by atoms with Gasteiger partial charge in [0.1, 0.15) is 5.84 Å². The molecule has 220 valence electrons. The monoisotopic (exact) mass is 569 g/mol. The van der Waals surface area contributed by atoms with E-state index in [9.17, 15) is 14.7 Å². The number of rotatable bonds is 14. The van der Waals surface area contributed by atoms with E-state index in [4.69, 9.17) is 29.6 Å². The number of aliphatic carboxylic acids is 1. The molecule has 2 aromatic rings. The molecular formula is C30H36FN3O7. The van der Waals surface area contributed by atoms with Gasteiger partial charge in [0.15, 0.2) is 41.2 Å². The standard InChI is InChI=1S/C30H36FN3O7/c1-6-38-23-14-19-15-34(29(33)25(19)26(31)28(23)39-7-2)16-21(35)18-12-20(30(3,4)5)27(41-17-24(36)37)22(13-18)40-11-9-8-10-32/h12-14,33H,6-9,11,15-17H2,1-5H3,(H,36,37). The summed E-state index contributed by atoms with van der Waals surface area (Å²) < 4.78 is 38.0. The topological polar surface area (TPSA) is 142 Å². The van der Waals surface area contributed by atoms with E-state index in [0.717, 1.165) is 0 Å². The molecule has 0 saturated heterocycles. The van der Waals surface area contributed by atoms with Crippen LogP contribution in [0.5, 0.6) is 23.0 Å². The number of carboxylic acid groups (broad SMARTS) is 1. The van der Waals surface area contributed by atoms with Crippen LogP contribution in [0.2, 0.25) is 0 Å². The Bertz CT molecular complexity index is 1360.